The van der Waals surface area contributed by atoms with Crippen molar-refractivity contribution >= 4 is 5.91 Å². The van der Waals surface area contributed by atoms with Gasteiger partial charge in [0.05, 0.1) is 25.3 Å². The van der Waals surface area contributed by atoms with Crippen LogP contribution in [0.2, 0.25) is 0 Å². The molecule has 0 aliphatic carbocycles. The van der Waals surface area contributed by atoms with Gasteiger partial charge >= 0.3 is 0 Å². The lowest BCUT2D eigenvalue weighted by molar-refractivity contribution is -0.122. The number of nitrogens with two attached hydrogens (primary N) is 2. The van der Waals surface area contributed by atoms with Crippen molar-refractivity contribution in [2.24, 2.45) is 11.5 Å². The number of hydrogen-bond acceptors (Lipinski definition) is 4. The fourth-order valence-electron chi connectivity index (χ4n) is 2.67. The Morgan fingerprint density at radius 1 is 1.52 bits per heavy atom. The van der Waals surface area contributed by atoms with Crippen LogP contribution in [0.3, 0.4) is 0 Å². The van der Waals surface area contributed by atoms with Gasteiger partial charge in [0.15, 0.2) is 0 Å². The van der Waals surface area contributed by atoms with Crippen molar-refractivity contribution in [3.05, 3.63) is 29.3 Å². The quantitative estimate of drug-likeness (QED) is 0.788. The number of hydrogen-bond donors (Lipinski definition) is 2. The Balaban J connectivity index is 2.18. The molecule has 1 amide bonds. The number of benzene rings is 1. The van der Waals surface area contributed by atoms with Crippen LogP contribution in [0.5, 0.6) is 5.75 Å². The molecule has 5 heteroatoms. The molecule has 1 atom stereocenters. The molecule has 4 N–H and O–H groups in total. The van der Waals surface area contributed by atoms with Gasteiger partial charge in [-0.3, -0.25) is 9.69 Å². The Bertz CT molecular complexity index is 575. The van der Waals surface area contributed by atoms with Gasteiger partial charge in [-0.1, -0.05) is 17.9 Å². The largest absolute Gasteiger partial charge is 0.495 e. The van der Waals surface area contributed by atoms with Gasteiger partial charge in [0.25, 0.3) is 0 Å². The molecule has 1 fully saturated rings. The number of rotatable bonds is 4. The van der Waals surface area contributed by atoms with E-state index in [1.807, 2.05) is 18.2 Å². The number of carbonyl (C=O) groups excluding carboxylic acids is 1. The number of likely N-dealkylation sites (tertiary alicyclic amines) is 1. The summed E-state index contributed by atoms with van der Waals surface area (Å²) in [6.45, 7) is 1.89. The van der Waals surface area contributed by atoms with Gasteiger partial charge in [-0.25, -0.2) is 0 Å². The van der Waals surface area contributed by atoms with Crippen LogP contribution in [0.25, 0.3) is 0 Å². The molecule has 21 heavy (non-hydrogen) atoms. The highest BCUT2D eigenvalue weighted by Crippen LogP contribution is 2.23. The summed E-state index contributed by atoms with van der Waals surface area (Å²) >= 11 is 0. The van der Waals surface area contributed by atoms with E-state index in [0.29, 0.717) is 13.1 Å². The van der Waals surface area contributed by atoms with Gasteiger partial charge in [0.2, 0.25) is 5.91 Å². The summed E-state index contributed by atoms with van der Waals surface area (Å²) in [5.74, 6) is 6.33. The van der Waals surface area contributed by atoms with Crippen molar-refractivity contribution < 1.29 is 9.53 Å². The predicted molar refractivity (Wildman–Crippen MR) is 81.6 cm³/mol. The molecule has 1 aromatic rings. The number of primary amides is 1. The maximum Gasteiger partial charge on any atom is 0.234 e. The van der Waals surface area contributed by atoms with E-state index in [4.69, 9.17) is 16.2 Å². The van der Waals surface area contributed by atoms with Gasteiger partial charge in [0.1, 0.15) is 5.75 Å². The summed E-state index contributed by atoms with van der Waals surface area (Å²) in [5.41, 5.74) is 12.8. The molecule has 5 nitrogen and oxygen atoms in total. The van der Waals surface area contributed by atoms with Crippen molar-refractivity contribution in [1.29, 1.82) is 0 Å². The molecule has 0 saturated carbocycles. The zero-order chi connectivity index (χ0) is 15.2. The summed E-state index contributed by atoms with van der Waals surface area (Å²) in [7, 11) is 1.62. The topological polar surface area (TPSA) is 81.6 Å². The third-order valence-electron chi connectivity index (χ3n) is 3.67. The molecule has 0 bridgehead atoms. The second-order valence-corrected chi connectivity index (χ2v) is 5.07. The zero-order valence-corrected chi connectivity index (χ0v) is 12.3. The molecule has 1 unspecified atom stereocenters. The maximum absolute atomic E-state index is 11.4. The molecule has 112 valence electrons. The number of methoxy groups -OCH3 is 1. The van der Waals surface area contributed by atoms with Crippen molar-refractivity contribution in [3.63, 3.8) is 0 Å². The monoisotopic (exact) mass is 287 g/mol. The lowest BCUT2D eigenvalue weighted by Gasteiger charge is -2.22. The Hall–Kier alpha value is -2.03. The highest BCUT2D eigenvalue weighted by atomic mass is 16.5. The van der Waals surface area contributed by atoms with Crippen molar-refractivity contribution in [2.45, 2.75) is 25.4 Å². The smallest absolute Gasteiger partial charge is 0.234 e. The molecular formula is C16H21N3O2. The number of carbonyl (C=O) groups is 1. The van der Waals surface area contributed by atoms with Gasteiger partial charge in [-0.2, -0.15) is 0 Å². The van der Waals surface area contributed by atoms with E-state index in [0.717, 1.165) is 36.3 Å². The van der Waals surface area contributed by atoms with Crippen molar-refractivity contribution in [3.8, 4) is 17.6 Å². The normalized spacial score (nSPS) is 18.1. The minimum absolute atomic E-state index is 0.161. The van der Waals surface area contributed by atoms with Gasteiger partial charge < -0.3 is 16.2 Å². The number of nitrogens with zero attached hydrogens (tertiary/aromatic N) is 1. The molecule has 2 rings (SSSR count). The molecular weight excluding hydrogens is 266 g/mol. The molecule has 0 spiro atoms. The fourth-order valence-corrected chi connectivity index (χ4v) is 2.67. The van der Waals surface area contributed by atoms with Crippen molar-refractivity contribution in [1.82, 2.24) is 4.90 Å². The van der Waals surface area contributed by atoms with Crippen molar-refractivity contribution in [2.75, 3.05) is 20.2 Å². The summed E-state index contributed by atoms with van der Waals surface area (Å²) < 4.78 is 5.30. The summed E-state index contributed by atoms with van der Waals surface area (Å²) in [5, 5.41) is 0. The van der Waals surface area contributed by atoms with E-state index in [1.165, 1.54) is 0 Å². The molecule has 1 heterocycles. The van der Waals surface area contributed by atoms with Crippen LogP contribution in [0.4, 0.5) is 0 Å². The molecule has 0 aromatic heterocycles. The molecule has 1 aromatic carbocycles. The number of amides is 1. The zero-order valence-electron chi connectivity index (χ0n) is 12.3. The van der Waals surface area contributed by atoms with Crippen LogP contribution < -0.4 is 16.2 Å². The highest BCUT2D eigenvalue weighted by molar-refractivity contribution is 5.80. The maximum atomic E-state index is 11.4. The first-order chi connectivity index (χ1) is 10.2. The third kappa shape index (κ3) is 3.75. The van der Waals surface area contributed by atoms with Crippen LogP contribution >= 0.6 is 0 Å². The number of ether oxygens (including phenoxy) is 1. The lowest BCUT2D eigenvalue weighted by Crippen LogP contribution is -2.39. The fraction of sp³-hybridized carbons (Fsp3) is 0.438. The lowest BCUT2D eigenvalue weighted by atomic mass is 10.1. The van der Waals surface area contributed by atoms with E-state index >= 15 is 0 Å². The van der Waals surface area contributed by atoms with Crippen LogP contribution in [0.15, 0.2) is 18.2 Å². The molecule has 1 aliphatic rings. The van der Waals surface area contributed by atoms with Gasteiger partial charge in [-0.15, -0.1) is 0 Å². The highest BCUT2D eigenvalue weighted by Gasteiger charge is 2.28. The summed E-state index contributed by atoms with van der Waals surface area (Å²) in [6, 6.07) is 5.71. The van der Waals surface area contributed by atoms with Crippen LogP contribution in [-0.4, -0.2) is 37.0 Å². The minimum Gasteiger partial charge on any atom is -0.495 e. The van der Waals surface area contributed by atoms with Crippen LogP contribution in [0, 0.1) is 11.8 Å². The van der Waals surface area contributed by atoms with Crippen LogP contribution in [0.1, 0.15) is 24.0 Å². The third-order valence-corrected chi connectivity index (χ3v) is 3.67. The SMILES string of the molecule is COc1ccc(CN2CCCC2C(N)=O)cc1C#CCN. The van der Waals surface area contributed by atoms with E-state index in [9.17, 15) is 4.79 Å². The molecule has 1 saturated heterocycles. The minimum atomic E-state index is -0.246. The Morgan fingerprint density at radius 3 is 3.00 bits per heavy atom. The first-order valence-corrected chi connectivity index (χ1v) is 7.05. The first kappa shape index (κ1) is 15.4. The van der Waals surface area contributed by atoms with Gasteiger partial charge in [-0.05, 0) is 37.1 Å². The van der Waals surface area contributed by atoms with E-state index in [-0.39, 0.29) is 11.9 Å². The molecule has 1 aliphatic heterocycles. The second-order valence-electron chi connectivity index (χ2n) is 5.07. The average Bonchev–Trinajstić information content (AvgIpc) is 2.93. The molecule has 0 radical (unpaired) electrons. The Morgan fingerprint density at radius 2 is 2.33 bits per heavy atom. The summed E-state index contributed by atoms with van der Waals surface area (Å²) in [6.07, 6.45) is 1.84. The summed E-state index contributed by atoms with van der Waals surface area (Å²) in [4.78, 5) is 13.6. The predicted octanol–water partition coefficient (Wildman–Crippen LogP) is 0.455. The van der Waals surface area contributed by atoms with Crippen LogP contribution in [-0.2, 0) is 11.3 Å². The van der Waals surface area contributed by atoms with E-state index in [2.05, 4.69) is 16.7 Å². The first-order valence-electron chi connectivity index (χ1n) is 7.05. The average molecular weight is 287 g/mol. The Kier molecular flexibility index (Phi) is 5.20. The van der Waals surface area contributed by atoms with Gasteiger partial charge in [0, 0.05) is 6.54 Å². The second kappa shape index (κ2) is 7.11. The van der Waals surface area contributed by atoms with E-state index in [1.54, 1.807) is 7.11 Å². The van der Waals surface area contributed by atoms with E-state index < -0.39 is 0 Å². The standard InChI is InChI=1S/C16H21N3O2/c1-21-15-7-6-12(10-13(15)4-2-8-17)11-19-9-3-5-14(19)16(18)20/h6-7,10,14H,3,5,8-9,11,17H2,1H3,(H2,18,20). The Labute approximate surface area is 125 Å².